The topological polar surface area (TPSA) is 32.8 Å². The minimum atomic E-state index is -0.424. The van der Waals surface area contributed by atoms with Gasteiger partial charge in [0.2, 0.25) is 0 Å². The second-order valence-corrected chi connectivity index (χ2v) is 7.97. The summed E-state index contributed by atoms with van der Waals surface area (Å²) in [6.07, 6.45) is -0.209. The van der Waals surface area contributed by atoms with Crippen molar-refractivity contribution in [1.29, 1.82) is 0 Å². The lowest BCUT2D eigenvalue weighted by Gasteiger charge is -2.36. The molecular formula is C13H19BrN2O2S. The van der Waals surface area contributed by atoms with Crippen LogP contribution in [-0.4, -0.2) is 42.8 Å². The molecule has 1 aliphatic rings. The minimum Gasteiger partial charge on any atom is -0.444 e. The number of hydrogen-bond acceptors (Lipinski definition) is 4. The molecule has 6 heteroatoms. The lowest BCUT2D eigenvalue weighted by molar-refractivity contribution is 0.0241. The van der Waals surface area contributed by atoms with Gasteiger partial charge in [-0.1, -0.05) is 0 Å². The van der Waals surface area contributed by atoms with Crippen molar-refractivity contribution in [2.75, 3.05) is 31.1 Å². The molecule has 0 aromatic carbocycles. The number of thiophene rings is 1. The van der Waals surface area contributed by atoms with Gasteiger partial charge in [-0.25, -0.2) is 4.79 Å². The highest BCUT2D eigenvalue weighted by atomic mass is 79.9. The molecule has 1 amide bonds. The van der Waals surface area contributed by atoms with Gasteiger partial charge in [-0.3, -0.25) is 0 Å². The lowest BCUT2D eigenvalue weighted by Crippen LogP contribution is -2.49. The third-order valence-corrected chi connectivity index (χ3v) is 4.49. The van der Waals surface area contributed by atoms with Gasteiger partial charge in [0.15, 0.2) is 0 Å². The highest BCUT2D eigenvalue weighted by molar-refractivity contribution is 9.11. The Bertz CT molecular complexity index is 448. The van der Waals surface area contributed by atoms with Crippen LogP contribution in [-0.2, 0) is 4.74 Å². The Morgan fingerprint density at radius 3 is 2.37 bits per heavy atom. The molecular weight excluding hydrogens is 328 g/mol. The third kappa shape index (κ3) is 4.11. The first-order valence-corrected chi connectivity index (χ1v) is 7.94. The molecule has 0 unspecified atom stereocenters. The quantitative estimate of drug-likeness (QED) is 0.779. The average molecular weight is 347 g/mol. The van der Waals surface area contributed by atoms with Crippen molar-refractivity contribution in [3.8, 4) is 0 Å². The van der Waals surface area contributed by atoms with Gasteiger partial charge in [-0.15, -0.1) is 11.3 Å². The minimum absolute atomic E-state index is 0.209. The summed E-state index contributed by atoms with van der Waals surface area (Å²) in [5.74, 6) is 0. The highest BCUT2D eigenvalue weighted by Crippen LogP contribution is 2.30. The first kappa shape index (κ1) is 14.7. The van der Waals surface area contributed by atoms with Crippen LogP contribution < -0.4 is 4.90 Å². The van der Waals surface area contributed by atoms with Gasteiger partial charge in [-0.05, 0) is 48.8 Å². The molecule has 0 aliphatic carbocycles. The Kier molecular flexibility index (Phi) is 4.40. The van der Waals surface area contributed by atoms with Crippen molar-refractivity contribution in [3.05, 3.63) is 15.9 Å². The highest BCUT2D eigenvalue weighted by Gasteiger charge is 2.26. The molecule has 1 aliphatic heterocycles. The van der Waals surface area contributed by atoms with Crippen LogP contribution in [0.25, 0.3) is 0 Å². The Balaban J connectivity index is 1.87. The smallest absolute Gasteiger partial charge is 0.410 e. The summed E-state index contributed by atoms with van der Waals surface area (Å²) in [6, 6.07) is 4.16. The van der Waals surface area contributed by atoms with E-state index in [4.69, 9.17) is 4.74 Å². The number of nitrogens with zero attached hydrogens (tertiary/aromatic N) is 2. The standard InChI is InChI=1S/C13H19BrN2O2S/c1-13(2,3)18-12(17)16-8-6-15(7-9-16)11-5-4-10(14)19-11/h4-5H,6-9H2,1-3H3. The van der Waals surface area contributed by atoms with Crippen LogP contribution in [0.3, 0.4) is 0 Å². The summed E-state index contributed by atoms with van der Waals surface area (Å²) in [4.78, 5) is 16.0. The maximum absolute atomic E-state index is 11.9. The maximum Gasteiger partial charge on any atom is 0.410 e. The van der Waals surface area contributed by atoms with Gasteiger partial charge in [0.1, 0.15) is 5.60 Å². The summed E-state index contributed by atoms with van der Waals surface area (Å²) in [7, 11) is 0. The first-order chi connectivity index (χ1) is 8.85. The monoisotopic (exact) mass is 346 g/mol. The van der Waals surface area contributed by atoms with Crippen molar-refractivity contribution in [3.63, 3.8) is 0 Å². The van der Waals surface area contributed by atoms with E-state index in [1.165, 1.54) is 5.00 Å². The van der Waals surface area contributed by atoms with E-state index in [2.05, 4.69) is 33.0 Å². The van der Waals surface area contributed by atoms with Crippen LogP contribution in [0.2, 0.25) is 0 Å². The Morgan fingerprint density at radius 1 is 1.26 bits per heavy atom. The van der Waals surface area contributed by atoms with Crippen LogP contribution in [0.4, 0.5) is 9.80 Å². The van der Waals surface area contributed by atoms with Crippen LogP contribution in [0.15, 0.2) is 15.9 Å². The van der Waals surface area contributed by atoms with Crippen LogP contribution in [0.1, 0.15) is 20.8 Å². The summed E-state index contributed by atoms with van der Waals surface area (Å²) >= 11 is 5.20. The van der Waals surface area contributed by atoms with Gasteiger partial charge in [-0.2, -0.15) is 0 Å². The SMILES string of the molecule is CC(C)(C)OC(=O)N1CCN(c2ccc(Br)s2)CC1. The zero-order valence-corrected chi connectivity index (χ0v) is 13.9. The molecule has 1 saturated heterocycles. The van der Waals surface area contributed by atoms with Crippen LogP contribution >= 0.6 is 27.3 Å². The summed E-state index contributed by atoms with van der Waals surface area (Å²) in [6.45, 7) is 8.81. The zero-order chi connectivity index (χ0) is 14.0. The van der Waals surface area contributed by atoms with E-state index < -0.39 is 5.60 Å². The normalized spacial score (nSPS) is 16.6. The van der Waals surface area contributed by atoms with Gasteiger partial charge >= 0.3 is 6.09 Å². The number of amides is 1. The van der Waals surface area contributed by atoms with Crippen LogP contribution in [0, 0.1) is 0 Å². The van der Waals surface area contributed by atoms with E-state index in [1.54, 1.807) is 16.2 Å². The van der Waals surface area contributed by atoms with Crippen molar-refractivity contribution < 1.29 is 9.53 Å². The molecule has 0 spiro atoms. The average Bonchev–Trinajstić information content (AvgIpc) is 2.74. The van der Waals surface area contributed by atoms with E-state index in [1.807, 2.05) is 20.8 Å². The molecule has 0 saturated carbocycles. The number of piperazine rings is 1. The van der Waals surface area contributed by atoms with Crippen molar-refractivity contribution in [1.82, 2.24) is 4.90 Å². The fourth-order valence-electron chi connectivity index (χ4n) is 1.91. The lowest BCUT2D eigenvalue weighted by atomic mass is 10.2. The van der Waals surface area contributed by atoms with E-state index in [9.17, 15) is 4.79 Å². The largest absolute Gasteiger partial charge is 0.444 e. The maximum atomic E-state index is 11.9. The van der Waals surface area contributed by atoms with E-state index >= 15 is 0 Å². The molecule has 1 aromatic rings. The first-order valence-electron chi connectivity index (χ1n) is 6.33. The van der Waals surface area contributed by atoms with Crippen molar-refractivity contribution in [2.45, 2.75) is 26.4 Å². The molecule has 1 aromatic heterocycles. The molecule has 0 atom stereocenters. The number of rotatable bonds is 1. The molecule has 19 heavy (non-hydrogen) atoms. The van der Waals surface area contributed by atoms with E-state index in [0.717, 1.165) is 16.9 Å². The predicted molar refractivity (Wildman–Crippen MR) is 82.0 cm³/mol. The summed E-state index contributed by atoms with van der Waals surface area (Å²) in [5, 5.41) is 1.25. The van der Waals surface area contributed by atoms with Gasteiger partial charge in [0.05, 0.1) is 8.79 Å². The Morgan fingerprint density at radius 2 is 1.89 bits per heavy atom. The van der Waals surface area contributed by atoms with Crippen molar-refractivity contribution >= 4 is 38.4 Å². The summed E-state index contributed by atoms with van der Waals surface area (Å²) < 4.78 is 6.52. The second-order valence-electron chi connectivity index (χ2n) is 5.53. The molecule has 0 radical (unpaired) electrons. The second kappa shape index (κ2) is 5.71. The van der Waals surface area contributed by atoms with Gasteiger partial charge in [0, 0.05) is 26.2 Å². The Labute approximate surface area is 126 Å². The fraction of sp³-hybridized carbons (Fsp3) is 0.615. The molecule has 4 nitrogen and oxygen atoms in total. The number of carbonyl (C=O) groups is 1. The van der Waals surface area contributed by atoms with E-state index in [-0.39, 0.29) is 6.09 Å². The van der Waals surface area contributed by atoms with Gasteiger partial charge in [0.25, 0.3) is 0 Å². The fourth-order valence-corrected chi connectivity index (χ4v) is 3.32. The molecule has 2 rings (SSSR count). The number of carbonyl (C=O) groups excluding carboxylic acids is 1. The van der Waals surface area contributed by atoms with Crippen LogP contribution in [0.5, 0.6) is 0 Å². The number of hydrogen-bond donors (Lipinski definition) is 0. The molecule has 1 fully saturated rings. The zero-order valence-electron chi connectivity index (χ0n) is 11.5. The predicted octanol–water partition coefficient (Wildman–Crippen LogP) is 3.57. The number of anilines is 1. The third-order valence-electron chi connectivity index (χ3n) is 2.80. The molecule has 0 bridgehead atoms. The van der Waals surface area contributed by atoms with Crippen molar-refractivity contribution in [2.24, 2.45) is 0 Å². The Hall–Kier alpha value is -0.750. The number of halogens is 1. The molecule has 2 heterocycles. The van der Waals surface area contributed by atoms with Gasteiger partial charge < -0.3 is 14.5 Å². The molecule has 106 valence electrons. The summed E-state index contributed by atoms with van der Waals surface area (Å²) in [5.41, 5.74) is -0.424. The number of ether oxygens (including phenoxy) is 1. The van der Waals surface area contributed by atoms with E-state index in [0.29, 0.717) is 13.1 Å². The molecule has 0 N–H and O–H groups in total.